The Labute approximate surface area is 126 Å². The molecule has 0 amide bonds. The van der Waals surface area contributed by atoms with Crippen LogP contribution in [0.15, 0.2) is 24.3 Å². The van der Waals surface area contributed by atoms with Gasteiger partial charge in [0.25, 0.3) is 0 Å². The molecule has 0 heterocycles. The Morgan fingerprint density at radius 3 is 1.78 bits per heavy atom. The number of benzene rings is 1. The zero-order chi connectivity index (χ0) is 13.8. The van der Waals surface area contributed by atoms with E-state index < -0.39 is 0 Å². The van der Waals surface area contributed by atoms with Crippen molar-refractivity contribution in [1.29, 1.82) is 0 Å². The smallest absolute Gasteiger partial charge is 0.0406 e. The highest BCUT2D eigenvalue weighted by Gasteiger charge is 2.31. The number of hydrogen-bond acceptors (Lipinski definition) is 0. The number of hydrogen-bond donors (Lipinski definition) is 0. The van der Waals surface area contributed by atoms with Crippen molar-refractivity contribution in [3.8, 4) is 0 Å². The number of alkyl halides is 2. The highest BCUT2D eigenvalue weighted by molar-refractivity contribution is 6.30. The molecule has 0 radical (unpaired) electrons. The van der Waals surface area contributed by atoms with Crippen LogP contribution >= 0.6 is 34.8 Å². The van der Waals surface area contributed by atoms with Gasteiger partial charge in [-0.25, -0.2) is 0 Å². The molecule has 0 unspecified atom stereocenters. The van der Waals surface area contributed by atoms with Crippen molar-refractivity contribution in [3.05, 3.63) is 34.9 Å². The fourth-order valence-electron chi connectivity index (χ4n) is 1.89. The predicted octanol–water partition coefficient (Wildman–Crippen LogP) is 5.88. The van der Waals surface area contributed by atoms with Crippen molar-refractivity contribution in [2.75, 3.05) is 11.8 Å². The molecule has 0 fully saturated rings. The van der Waals surface area contributed by atoms with Gasteiger partial charge < -0.3 is 0 Å². The van der Waals surface area contributed by atoms with Crippen LogP contribution in [0.2, 0.25) is 5.02 Å². The number of halogens is 3. The fourth-order valence-corrected chi connectivity index (χ4v) is 2.87. The highest BCUT2D eigenvalue weighted by Crippen LogP contribution is 2.36. The molecular formula is C15H21Cl3. The summed E-state index contributed by atoms with van der Waals surface area (Å²) in [7, 11) is 0. The molecule has 1 aromatic carbocycles. The van der Waals surface area contributed by atoms with Gasteiger partial charge in [-0.1, -0.05) is 44.5 Å². The van der Waals surface area contributed by atoms with Crippen molar-refractivity contribution in [1.82, 2.24) is 0 Å². The molecule has 0 aliphatic carbocycles. The third kappa shape index (κ3) is 4.33. The molecule has 1 rings (SSSR count). The van der Waals surface area contributed by atoms with Crippen LogP contribution in [-0.4, -0.2) is 11.8 Å². The summed E-state index contributed by atoms with van der Waals surface area (Å²) in [5.74, 6) is 1.07. The zero-order valence-corrected chi connectivity index (χ0v) is 13.5. The molecule has 0 atom stereocenters. The summed E-state index contributed by atoms with van der Waals surface area (Å²) in [5, 5.41) is 0.743. The van der Waals surface area contributed by atoms with Gasteiger partial charge in [0.15, 0.2) is 0 Å². The Morgan fingerprint density at radius 2 is 1.39 bits per heavy atom. The Morgan fingerprint density at radius 1 is 0.889 bits per heavy atom. The van der Waals surface area contributed by atoms with E-state index in [1.54, 1.807) is 0 Å². The van der Waals surface area contributed by atoms with Gasteiger partial charge in [0.1, 0.15) is 0 Å². The van der Waals surface area contributed by atoms with Gasteiger partial charge in [-0.2, -0.15) is 0 Å². The molecule has 0 aliphatic rings. The Hall–Kier alpha value is 0.0900. The molecule has 0 nitrogen and oxygen atoms in total. The molecule has 0 N–H and O–H groups in total. The Balaban J connectivity index is 2.95. The second-order valence-electron chi connectivity index (χ2n) is 6.12. The lowest BCUT2D eigenvalue weighted by Gasteiger charge is -2.33. The van der Waals surface area contributed by atoms with E-state index in [1.807, 2.05) is 24.3 Å². The van der Waals surface area contributed by atoms with Crippen LogP contribution in [0.4, 0.5) is 0 Å². The first-order chi connectivity index (χ1) is 8.33. The largest absolute Gasteiger partial charge is 0.126 e. The average Bonchev–Trinajstić information content (AvgIpc) is 2.32. The van der Waals surface area contributed by atoms with Crippen LogP contribution in [0.1, 0.15) is 39.2 Å². The minimum absolute atomic E-state index is 0.152. The summed E-state index contributed by atoms with van der Waals surface area (Å²) in [4.78, 5) is 0. The molecular weight excluding hydrogens is 287 g/mol. The van der Waals surface area contributed by atoms with Crippen molar-refractivity contribution in [2.24, 2.45) is 5.41 Å². The van der Waals surface area contributed by atoms with Crippen molar-refractivity contribution in [3.63, 3.8) is 0 Å². The Kier molecular flexibility index (Phi) is 5.83. The van der Waals surface area contributed by atoms with E-state index in [4.69, 9.17) is 34.8 Å². The maximum absolute atomic E-state index is 6.21. The van der Waals surface area contributed by atoms with E-state index in [2.05, 4.69) is 20.8 Å². The van der Waals surface area contributed by atoms with Crippen LogP contribution in [0.3, 0.4) is 0 Å². The van der Waals surface area contributed by atoms with E-state index in [1.165, 1.54) is 5.56 Å². The van der Waals surface area contributed by atoms with E-state index in [-0.39, 0.29) is 10.8 Å². The second kappa shape index (κ2) is 6.50. The van der Waals surface area contributed by atoms with Gasteiger partial charge >= 0.3 is 0 Å². The van der Waals surface area contributed by atoms with E-state index in [0.29, 0.717) is 11.8 Å². The first kappa shape index (κ1) is 16.1. The van der Waals surface area contributed by atoms with Crippen LogP contribution in [-0.2, 0) is 5.41 Å². The first-order valence-electron chi connectivity index (χ1n) is 6.21. The molecule has 0 saturated carbocycles. The molecule has 0 spiro atoms. The van der Waals surface area contributed by atoms with Crippen LogP contribution in [0, 0.1) is 5.41 Å². The molecule has 0 aromatic heterocycles. The molecule has 18 heavy (non-hydrogen) atoms. The Bertz CT molecular complexity index is 358. The lowest BCUT2D eigenvalue weighted by atomic mass is 9.75. The third-order valence-electron chi connectivity index (χ3n) is 3.32. The lowest BCUT2D eigenvalue weighted by Crippen LogP contribution is -2.32. The predicted molar refractivity (Wildman–Crippen MR) is 83.3 cm³/mol. The van der Waals surface area contributed by atoms with Crippen LogP contribution in [0.5, 0.6) is 0 Å². The summed E-state index contributed by atoms with van der Waals surface area (Å²) in [6.07, 6.45) is 2.08. The quantitative estimate of drug-likeness (QED) is 0.596. The summed E-state index contributed by atoms with van der Waals surface area (Å²) in [6.45, 7) is 6.71. The highest BCUT2D eigenvalue weighted by atomic mass is 35.5. The normalized spacial score (nSPS) is 12.8. The van der Waals surface area contributed by atoms with Gasteiger partial charge in [-0.3, -0.25) is 0 Å². The van der Waals surface area contributed by atoms with Crippen LogP contribution in [0.25, 0.3) is 0 Å². The molecule has 3 heteroatoms. The van der Waals surface area contributed by atoms with Gasteiger partial charge in [0.2, 0.25) is 0 Å². The summed E-state index contributed by atoms with van der Waals surface area (Å²) >= 11 is 18.4. The topological polar surface area (TPSA) is 0 Å². The standard InChI is InChI=1S/C15H21Cl3/c1-14(2,3)8-9-15(10-16,11-17)12-4-6-13(18)7-5-12/h4-7H,8-11H2,1-3H3. The minimum Gasteiger partial charge on any atom is -0.126 e. The molecule has 0 aliphatic heterocycles. The third-order valence-corrected chi connectivity index (χ3v) is 4.60. The van der Waals surface area contributed by atoms with Crippen molar-refractivity contribution in [2.45, 2.75) is 39.0 Å². The lowest BCUT2D eigenvalue weighted by molar-refractivity contribution is 0.318. The van der Waals surface area contributed by atoms with E-state index in [9.17, 15) is 0 Å². The zero-order valence-electron chi connectivity index (χ0n) is 11.3. The monoisotopic (exact) mass is 306 g/mol. The maximum Gasteiger partial charge on any atom is 0.0406 e. The summed E-state index contributed by atoms with van der Waals surface area (Å²) < 4.78 is 0. The minimum atomic E-state index is -0.152. The second-order valence-corrected chi connectivity index (χ2v) is 7.09. The van der Waals surface area contributed by atoms with E-state index in [0.717, 1.165) is 17.9 Å². The van der Waals surface area contributed by atoms with Gasteiger partial charge in [-0.05, 0) is 36.0 Å². The van der Waals surface area contributed by atoms with Crippen molar-refractivity contribution < 1.29 is 0 Å². The molecule has 0 bridgehead atoms. The summed E-state index contributed by atoms with van der Waals surface area (Å²) in [5.41, 5.74) is 1.32. The van der Waals surface area contributed by atoms with E-state index >= 15 is 0 Å². The summed E-state index contributed by atoms with van der Waals surface area (Å²) in [6, 6.07) is 7.88. The van der Waals surface area contributed by atoms with Crippen LogP contribution < -0.4 is 0 Å². The van der Waals surface area contributed by atoms with Gasteiger partial charge in [0, 0.05) is 22.2 Å². The van der Waals surface area contributed by atoms with Crippen molar-refractivity contribution >= 4 is 34.8 Å². The average molecular weight is 308 g/mol. The number of rotatable bonds is 5. The van der Waals surface area contributed by atoms with Gasteiger partial charge in [-0.15, -0.1) is 23.2 Å². The first-order valence-corrected chi connectivity index (χ1v) is 7.66. The fraction of sp³-hybridized carbons (Fsp3) is 0.600. The molecule has 0 saturated heterocycles. The maximum atomic E-state index is 6.21. The SMILES string of the molecule is CC(C)(C)CCC(CCl)(CCl)c1ccc(Cl)cc1. The molecule has 102 valence electrons. The molecule has 1 aromatic rings. The van der Waals surface area contributed by atoms with Gasteiger partial charge in [0.05, 0.1) is 0 Å².